The average molecular weight is 260 g/mol. The van der Waals surface area contributed by atoms with Gasteiger partial charge in [0.15, 0.2) is 5.78 Å². The Labute approximate surface area is 104 Å². The standard InChI is InChI=1S/C12H15F3N2O/c1-16-7-11(18)9-6-8(17(2)3)4-5-10(9)12(13,14)15/h4-6,16H,7H2,1-3H3. The fourth-order valence-corrected chi connectivity index (χ4v) is 1.54. The smallest absolute Gasteiger partial charge is 0.378 e. The highest BCUT2D eigenvalue weighted by Crippen LogP contribution is 2.33. The fraction of sp³-hybridized carbons (Fsp3) is 0.417. The highest BCUT2D eigenvalue weighted by atomic mass is 19.4. The van der Waals surface area contributed by atoms with E-state index in [0.29, 0.717) is 5.69 Å². The monoisotopic (exact) mass is 260 g/mol. The van der Waals surface area contributed by atoms with Gasteiger partial charge in [-0.2, -0.15) is 13.2 Å². The van der Waals surface area contributed by atoms with Gasteiger partial charge in [0.2, 0.25) is 0 Å². The van der Waals surface area contributed by atoms with Gasteiger partial charge in [0.05, 0.1) is 12.1 Å². The number of halogens is 3. The molecule has 0 radical (unpaired) electrons. The molecule has 0 aliphatic carbocycles. The summed E-state index contributed by atoms with van der Waals surface area (Å²) in [5.41, 5.74) is -0.640. The zero-order chi connectivity index (χ0) is 13.9. The van der Waals surface area contributed by atoms with Crippen LogP contribution in [0.2, 0.25) is 0 Å². The van der Waals surface area contributed by atoms with Crippen molar-refractivity contribution in [2.45, 2.75) is 6.18 Å². The summed E-state index contributed by atoms with van der Waals surface area (Å²) >= 11 is 0. The summed E-state index contributed by atoms with van der Waals surface area (Å²) in [6.45, 7) is -0.125. The first-order valence-electron chi connectivity index (χ1n) is 5.33. The van der Waals surface area contributed by atoms with Crippen LogP contribution in [-0.4, -0.2) is 33.5 Å². The van der Waals surface area contributed by atoms with Crippen LogP contribution in [0, 0.1) is 0 Å². The third kappa shape index (κ3) is 3.22. The Morgan fingerprint density at radius 3 is 2.39 bits per heavy atom. The van der Waals surface area contributed by atoms with Crippen LogP contribution in [0.4, 0.5) is 18.9 Å². The molecule has 6 heteroatoms. The molecule has 0 aliphatic rings. The van der Waals surface area contributed by atoms with Crippen molar-refractivity contribution >= 4 is 11.5 Å². The van der Waals surface area contributed by atoms with Gasteiger partial charge in [-0.3, -0.25) is 4.79 Å². The van der Waals surface area contributed by atoms with Crippen molar-refractivity contribution in [1.29, 1.82) is 0 Å². The van der Waals surface area contributed by atoms with E-state index in [1.165, 1.54) is 19.2 Å². The number of carbonyl (C=O) groups is 1. The molecule has 0 saturated heterocycles. The number of carbonyl (C=O) groups excluding carboxylic acids is 1. The lowest BCUT2D eigenvalue weighted by atomic mass is 10.0. The molecule has 0 atom stereocenters. The van der Waals surface area contributed by atoms with Gasteiger partial charge in [-0.15, -0.1) is 0 Å². The predicted octanol–water partition coefficient (Wildman–Crippen LogP) is 2.17. The van der Waals surface area contributed by atoms with Gasteiger partial charge in [-0.05, 0) is 25.2 Å². The summed E-state index contributed by atoms with van der Waals surface area (Å²) in [5, 5.41) is 2.56. The Kier molecular flexibility index (Phi) is 4.34. The average Bonchev–Trinajstić information content (AvgIpc) is 2.27. The van der Waals surface area contributed by atoms with Crippen LogP contribution in [-0.2, 0) is 6.18 Å². The van der Waals surface area contributed by atoms with Gasteiger partial charge in [-0.25, -0.2) is 0 Å². The summed E-state index contributed by atoms with van der Waals surface area (Å²) in [4.78, 5) is 13.4. The minimum Gasteiger partial charge on any atom is -0.378 e. The minimum atomic E-state index is -4.52. The highest BCUT2D eigenvalue weighted by Gasteiger charge is 2.35. The summed E-state index contributed by atoms with van der Waals surface area (Å²) < 4.78 is 38.4. The molecule has 0 bridgehead atoms. The van der Waals surface area contributed by atoms with E-state index in [-0.39, 0.29) is 12.1 Å². The van der Waals surface area contributed by atoms with E-state index >= 15 is 0 Å². The molecular weight excluding hydrogens is 245 g/mol. The predicted molar refractivity (Wildman–Crippen MR) is 64.0 cm³/mol. The molecular formula is C12H15F3N2O. The lowest BCUT2D eigenvalue weighted by Gasteiger charge is -2.17. The molecule has 0 amide bonds. The summed E-state index contributed by atoms with van der Waals surface area (Å²) in [6, 6.07) is 3.56. The Hall–Kier alpha value is -1.56. The Bertz CT molecular complexity index is 441. The number of alkyl halides is 3. The lowest BCUT2D eigenvalue weighted by Crippen LogP contribution is -2.23. The highest BCUT2D eigenvalue weighted by molar-refractivity contribution is 6.00. The molecule has 1 aromatic carbocycles. The molecule has 0 spiro atoms. The molecule has 0 aromatic heterocycles. The van der Waals surface area contributed by atoms with Crippen molar-refractivity contribution in [3.05, 3.63) is 29.3 Å². The van der Waals surface area contributed by atoms with Crippen molar-refractivity contribution in [1.82, 2.24) is 5.32 Å². The second-order valence-electron chi connectivity index (χ2n) is 4.08. The quantitative estimate of drug-likeness (QED) is 0.842. The second-order valence-corrected chi connectivity index (χ2v) is 4.08. The summed E-state index contributed by atoms with van der Waals surface area (Å²) in [6.07, 6.45) is -4.52. The second kappa shape index (κ2) is 5.39. The van der Waals surface area contributed by atoms with E-state index in [4.69, 9.17) is 0 Å². The first kappa shape index (κ1) is 14.5. The molecule has 18 heavy (non-hydrogen) atoms. The molecule has 0 fully saturated rings. The number of benzene rings is 1. The van der Waals surface area contributed by atoms with E-state index in [2.05, 4.69) is 5.32 Å². The molecule has 0 aliphatic heterocycles. The van der Waals surface area contributed by atoms with Crippen LogP contribution in [0.3, 0.4) is 0 Å². The maximum absolute atomic E-state index is 12.8. The Morgan fingerprint density at radius 1 is 1.33 bits per heavy atom. The number of ketones is 1. The maximum Gasteiger partial charge on any atom is 0.417 e. The van der Waals surface area contributed by atoms with Gasteiger partial charge >= 0.3 is 6.18 Å². The molecule has 0 heterocycles. The number of hydrogen-bond acceptors (Lipinski definition) is 3. The third-order valence-electron chi connectivity index (χ3n) is 2.46. The SMILES string of the molecule is CNCC(=O)c1cc(N(C)C)ccc1C(F)(F)F. The van der Waals surface area contributed by atoms with Crippen molar-refractivity contribution in [2.24, 2.45) is 0 Å². The maximum atomic E-state index is 12.8. The number of likely N-dealkylation sites (N-methyl/N-ethyl adjacent to an activating group) is 1. The van der Waals surface area contributed by atoms with E-state index in [9.17, 15) is 18.0 Å². The largest absolute Gasteiger partial charge is 0.417 e. The van der Waals surface area contributed by atoms with Gasteiger partial charge < -0.3 is 10.2 Å². The number of hydrogen-bond donors (Lipinski definition) is 1. The van der Waals surface area contributed by atoms with Crippen molar-refractivity contribution in [3.63, 3.8) is 0 Å². The molecule has 1 N–H and O–H groups in total. The lowest BCUT2D eigenvalue weighted by molar-refractivity contribution is -0.137. The third-order valence-corrected chi connectivity index (χ3v) is 2.46. The Morgan fingerprint density at radius 2 is 1.94 bits per heavy atom. The van der Waals surface area contributed by atoms with Crippen LogP contribution < -0.4 is 10.2 Å². The van der Waals surface area contributed by atoms with Gasteiger partial charge in [0.25, 0.3) is 0 Å². The number of anilines is 1. The first-order valence-corrected chi connectivity index (χ1v) is 5.33. The van der Waals surface area contributed by atoms with Crippen LogP contribution in [0.1, 0.15) is 15.9 Å². The van der Waals surface area contributed by atoms with Crippen molar-refractivity contribution in [3.8, 4) is 0 Å². The van der Waals surface area contributed by atoms with Crippen LogP contribution in [0.25, 0.3) is 0 Å². The molecule has 1 aromatic rings. The van der Waals surface area contributed by atoms with Crippen LogP contribution >= 0.6 is 0 Å². The van der Waals surface area contributed by atoms with Crippen LogP contribution in [0.15, 0.2) is 18.2 Å². The van der Waals surface area contributed by atoms with Gasteiger partial charge in [0.1, 0.15) is 0 Å². The molecule has 0 unspecified atom stereocenters. The number of nitrogens with one attached hydrogen (secondary N) is 1. The topological polar surface area (TPSA) is 32.3 Å². The van der Waals surface area contributed by atoms with Crippen molar-refractivity contribution in [2.75, 3.05) is 32.6 Å². The fourth-order valence-electron chi connectivity index (χ4n) is 1.54. The number of nitrogens with zero attached hydrogens (tertiary/aromatic N) is 1. The normalized spacial score (nSPS) is 11.4. The summed E-state index contributed by atoms with van der Waals surface area (Å²) in [5.74, 6) is -0.575. The van der Waals surface area contributed by atoms with E-state index in [0.717, 1.165) is 6.07 Å². The van der Waals surface area contributed by atoms with E-state index in [1.807, 2.05) is 0 Å². The molecule has 1 rings (SSSR count). The van der Waals surface area contributed by atoms with Crippen molar-refractivity contribution < 1.29 is 18.0 Å². The Balaban J connectivity index is 3.31. The molecule has 0 saturated carbocycles. The zero-order valence-electron chi connectivity index (χ0n) is 10.4. The van der Waals surface area contributed by atoms with E-state index in [1.54, 1.807) is 19.0 Å². The minimum absolute atomic E-state index is 0.125. The van der Waals surface area contributed by atoms with Crippen LogP contribution in [0.5, 0.6) is 0 Å². The number of Topliss-reactive ketones (excluding diaryl/α,β-unsaturated/α-hetero) is 1. The molecule has 3 nitrogen and oxygen atoms in total. The first-order chi connectivity index (χ1) is 8.27. The van der Waals surface area contributed by atoms with Gasteiger partial charge in [-0.1, -0.05) is 0 Å². The van der Waals surface area contributed by atoms with E-state index < -0.39 is 17.5 Å². The zero-order valence-corrected chi connectivity index (χ0v) is 10.4. The van der Waals surface area contributed by atoms with Gasteiger partial charge in [0, 0.05) is 25.3 Å². The molecule has 100 valence electrons. The summed E-state index contributed by atoms with van der Waals surface area (Å²) in [7, 11) is 4.92. The number of rotatable bonds is 4.